The summed E-state index contributed by atoms with van der Waals surface area (Å²) < 4.78 is 0. The van der Waals surface area contributed by atoms with Crippen molar-refractivity contribution in [3.8, 4) is 0 Å². The first-order valence-corrected chi connectivity index (χ1v) is 10.3. The lowest BCUT2D eigenvalue weighted by molar-refractivity contribution is -0.144. The van der Waals surface area contributed by atoms with E-state index in [2.05, 4.69) is 25.1 Å². The Labute approximate surface area is 180 Å². The van der Waals surface area contributed by atoms with Crippen LogP contribution in [0.15, 0.2) is 60.9 Å². The number of nitrogens with one attached hydrogen (secondary N) is 1. The van der Waals surface area contributed by atoms with Gasteiger partial charge in [-0.1, -0.05) is 12.1 Å². The molecule has 160 valence electrons. The highest BCUT2D eigenvalue weighted by molar-refractivity contribution is 6.01. The van der Waals surface area contributed by atoms with E-state index in [4.69, 9.17) is 0 Å². The number of rotatable bonds is 7. The Morgan fingerprint density at radius 2 is 1.77 bits per heavy atom. The van der Waals surface area contributed by atoms with E-state index in [-0.39, 0.29) is 12.3 Å². The van der Waals surface area contributed by atoms with E-state index in [1.54, 1.807) is 18.5 Å². The van der Waals surface area contributed by atoms with Crippen LogP contribution in [-0.2, 0) is 9.59 Å². The molecule has 1 unspecified atom stereocenters. The lowest BCUT2D eigenvalue weighted by Gasteiger charge is -2.36. The molecule has 3 aromatic rings. The van der Waals surface area contributed by atoms with Gasteiger partial charge in [-0.3, -0.25) is 19.5 Å². The first kappa shape index (κ1) is 20.7. The normalized spacial score (nSPS) is 15.5. The van der Waals surface area contributed by atoms with Gasteiger partial charge in [0.1, 0.15) is 5.82 Å². The first-order chi connectivity index (χ1) is 15.1. The van der Waals surface area contributed by atoms with Crippen molar-refractivity contribution in [1.29, 1.82) is 0 Å². The van der Waals surface area contributed by atoms with Gasteiger partial charge in [0.05, 0.1) is 17.1 Å². The lowest BCUT2D eigenvalue weighted by atomic mass is 10.0. The number of benzene rings is 1. The maximum absolute atomic E-state index is 12.6. The van der Waals surface area contributed by atoms with E-state index in [0.717, 1.165) is 42.9 Å². The SMILES string of the molecule is O=C(CC(CN1CCN(c2ccccn2)CC1)C(=O)O)Nc1cccc2ncccc12. The number of amides is 1. The Hall–Kier alpha value is -3.52. The summed E-state index contributed by atoms with van der Waals surface area (Å²) in [5, 5.41) is 13.4. The van der Waals surface area contributed by atoms with Crippen LogP contribution in [0.1, 0.15) is 6.42 Å². The van der Waals surface area contributed by atoms with Crippen molar-refractivity contribution in [3.63, 3.8) is 0 Å². The van der Waals surface area contributed by atoms with Crippen LogP contribution < -0.4 is 10.2 Å². The number of carbonyl (C=O) groups excluding carboxylic acids is 1. The number of anilines is 2. The Balaban J connectivity index is 1.34. The molecule has 0 bridgehead atoms. The largest absolute Gasteiger partial charge is 0.481 e. The first-order valence-electron chi connectivity index (χ1n) is 10.3. The summed E-state index contributed by atoms with van der Waals surface area (Å²) in [5.74, 6) is -1.10. The Morgan fingerprint density at radius 1 is 0.968 bits per heavy atom. The maximum Gasteiger partial charge on any atom is 0.308 e. The number of hydrogen-bond donors (Lipinski definition) is 2. The van der Waals surface area contributed by atoms with Crippen LogP contribution >= 0.6 is 0 Å². The second-order valence-corrected chi connectivity index (χ2v) is 7.64. The number of aromatic nitrogens is 2. The molecule has 2 N–H and O–H groups in total. The fourth-order valence-corrected chi connectivity index (χ4v) is 3.88. The molecule has 1 aromatic carbocycles. The average Bonchev–Trinajstić information content (AvgIpc) is 2.80. The summed E-state index contributed by atoms with van der Waals surface area (Å²) in [6.45, 7) is 3.36. The smallest absolute Gasteiger partial charge is 0.308 e. The zero-order valence-electron chi connectivity index (χ0n) is 17.1. The molecule has 0 spiro atoms. The number of fused-ring (bicyclic) bond motifs is 1. The van der Waals surface area contributed by atoms with Gasteiger partial charge in [-0.25, -0.2) is 4.98 Å². The number of piperazine rings is 1. The van der Waals surface area contributed by atoms with E-state index >= 15 is 0 Å². The summed E-state index contributed by atoms with van der Waals surface area (Å²) >= 11 is 0. The van der Waals surface area contributed by atoms with Crippen molar-refractivity contribution in [3.05, 3.63) is 60.9 Å². The van der Waals surface area contributed by atoms with Gasteiger partial charge in [0.15, 0.2) is 0 Å². The minimum atomic E-state index is -0.957. The summed E-state index contributed by atoms with van der Waals surface area (Å²) in [5.41, 5.74) is 1.42. The second-order valence-electron chi connectivity index (χ2n) is 7.64. The molecule has 1 atom stereocenters. The minimum absolute atomic E-state index is 0.0769. The van der Waals surface area contributed by atoms with Crippen LogP contribution in [0.25, 0.3) is 10.9 Å². The molecule has 4 rings (SSSR count). The summed E-state index contributed by atoms with van der Waals surface area (Å²) in [4.78, 5) is 37.4. The quantitative estimate of drug-likeness (QED) is 0.607. The lowest BCUT2D eigenvalue weighted by Crippen LogP contribution is -2.49. The zero-order valence-corrected chi connectivity index (χ0v) is 17.1. The van der Waals surface area contributed by atoms with Crippen LogP contribution in [-0.4, -0.2) is 64.6 Å². The van der Waals surface area contributed by atoms with E-state index in [0.29, 0.717) is 12.2 Å². The molecule has 1 aliphatic rings. The highest BCUT2D eigenvalue weighted by Gasteiger charge is 2.27. The average molecular weight is 419 g/mol. The highest BCUT2D eigenvalue weighted by Crippen LogP contribution is 2.22. The van der Waals surface area contributed by atoms with Crippen molar-refractivity contribution in [1.82, 2.24) is 14.9 Å². The number of carboxylic acids is 1. The van der Waals surface area contributed by atoms with Gasteiger partial charge in [-0.2, -0.15) is 0 Å². The van der Waals surface area contributed by atoms with Crippen LogP contribution in [0.3, 0.4) is 0 Å². The molecule has 3 heterocycles. The third kappa shape index (κ3) is 5.16. The van der Waals surface area contributed by atoms with Crippen LogP contribution in [0.5, 0.6) is 0 Å². The van der Waals surface area contributed by atoms with Crippen molar-refractivity contribution < 1.29 is 14.7 Å². The van der Waals surface area contributed by atoms with Crippen molar-refractivity contribution in [2.24, 2.45) is 5.92 Å². The standard InChI is InChI=1S/C23H25N5O3/c29-22(26-20-7-3-6-19-18(20)5-4-10-24-19)15-17(23(30)31)16-27-11-13-28(14-12-27)21-8-1-2-9-25-21/h1-10,17H,11-16H2,(H,26,29)(H,30,31). The Kier molecular flexibility index (Phi) is 6.37. The molecule has 1 amide bonds. The predicted octanol–water partition coefficient (Wildman–Crippen LogP) is 2.48. The third-order valence-corrected chi connectivity index (χ3v) is 5.52. The molecular formula is C23H25N5O3. The minimum Gasteiger partial charge on any atom is -0.481 e. The van der Waals surface area contributed by atoms with E-state index in [1.165, 1.54) is 0 Å². The van der Waals surface area contributed by atoms with Gasteiger partial charge in [-0.15, -0.1) is 0 Å². The Morgan fingerprint density at radius 3 is 2.52 bits per heavy atom. The molecule has 1 aliphatic heterocycles. The predicted molar refractivity (Wildman–Crippen MR) is 119 cm³/mol. The number of nitrogens with zero attached hydrogens (tertiary/aromatic N) is 4. The van der Waals surface area contributed by atoms with Crippen LogP contribution in [0.4, 0.5) is 11.5 Å². The third-order valence-electron chi connectivity index (χ3n) is 5.52. The summed E-state index contributed by atoms with van der Waals surface area (Å²) in [6.07, 6.45) is 3.39. The maximum atomic E-state index is 12.6. The Bertz CT molecular complexity index is 1050. The van der Waals surface area contributed by atoms with Crippen LogP contribution in [0.2, 0.25) is 0 Å². The van der Waals surface area contributed by atoms with Crippen LogP contribution in [0, 0.1) is 5.92 Å². The van der Waals surface area contributed by atoms with Gasteiger partial charge in [0, 0.05) is 56.9 Å². The topological polar surface area (TPSA) is 98.7 Å². The molecule has 2 aromatic heterocycles. The van der Waals surface area contributed by atoms with Crippen molar-refractivity contribution >= 4 is 34.3 Å². The van der Waals surface area contributed by atoms with Gasteiger partial charge in [0.2, 0.25) is 5.91 Å². The number of carbonyl (C=O) groups is 2. The zero-order chi connectivity index (χ0) is 21.6. The summed E-state index contributed by atoms with van der Waals surface area (Å²) in [6, 6.07) is 15.0. The van der Waals surface area contributed by atoms with E-state index in [9.17, 15) is 14.7 Å². The number of hydrogen-bond acceptors (Lipinski definition) is 6. The fraction of sp³-hybridized carbons (Fsp3) is 0.304. The molecule has 31 heavy (non-hydrogen) atoms. The molecule has 0 saturated carbocycles. The van der Waals surface area contributed by atoms with Gasteiger partial charge in [0.25, 0.3) is 0 Å². The van der Waals surface area contributed by atoms with E-state index in [1.807, 2.05) is 42.5 Å². The van der Waals surface area contributed by atoms with Crippen molar-refractivity contribution in [2.45, 2.75) is 6.42 Å². The van der Waals surface area contributed by atoms with Gasteiger partial charge < -0.3 is 15.3 Å². The number of carboxylic acid groups (broad SMARTS) is 1. The second kappa shape index (κ2) is 9.53. The van der Waals surface area contributed by atoms with Gasteiger partial charge >= 0.3 is 5.97 Å². The molecule has 0 radical (unpaired) electrons. The highest BCUT2D eigenvalue weighted by atomic mass is 16.4. The molecular weight excluding hydrogens is 394 g/mol. The molecule has 0 aliphatic carbocycles. The van der Waals surface area contributed by atoms with E-state index < -0.39 is 11.9 Å². The summed E-state index contributed by atoms with van der Waals surface area (Å²) in [7, 11) is 0. The number of pyridine rings is 2. The monoisotopic (exact) mass is 419 g/mol. The van der Waals surface area contributed by atoms with Gasteiger partial charge in [-0.05, 0) is 36.4 Å². The fourth-order valence-electron chi connectivity index (χ4n) is 3.88. The number of aliphatic carboxylic acids is 1. The van der Waals surface area contributed by atoms with Crippen molar-refractivity contribution in [2.75, 3.05) is 42.9 Å². The molecule has 8 heteroatoms. The molecule has 8 nitrogen and oxygen atoms in total. The molecule has 1 saturated heterocycles. The molecule has 1 fully saturated rings.